The smallest absolute Gasteiger partial charge is 0.345 e. The van der Waals surface area contributed by atoms with Crippen LogP contribution in [0.5, 0.6) is 5.75 Å². The zero-order chi connectivity index (χ0) is 23.5. The number of rotatable bonds is 5. The third-order valence-corrected chi connectivity index (χ3v) is 5.54. The van der Waals surface area contributed by atoms with E-state index in [-0.39, 0.29) is 10.6 Å². The van der Waals surface area contributed by atoms with E-state index >= 15 is 0 Å². The summed E-state index contributed by atoms with van der Waals surface area (Å²) in [5.41, 5.74) is 4.18. The van der Waals surface area contributed by atoms with Gasteiger partial charge in [-0.25, -0.2) is 9.78 Å². The van der Waals surface area contributed by atoms with Gasteiger partial charge >= 0.3 is 5.97 Å². The van der Waals surface area contributed by atoms with Gasteiger partial charge in [0.1, 0.15) is 11.3 Å². The maximum Gasteiger partial charge on any atom is 0.345 e. The van der Waals surface area contributed by atoms with Crippen LogP contribution in [-0.4, -0.2) is 17.2 Å². The Morgan fingerprint density at radius 1 is 0.912 bits per heavy atom. The molecule has 5 aromatic rings. The van der Waals surface area contributed by atoms with Crippen LogP contribution >= 0.6 is 23.2 Å². The zero-order valence-corrected chi connectivity index (χ0v) is 19.1. The molecule has 0 atom stereocenters. The van der Waals surface area contributed by atoms with E-state index in [0.29, 0.717) is 22.2 Å². The number of esters is 1. The first-order valence-corrected chi connectivity index (χ1v) is 11.1. The Hall–Kier alpha value is -3.93. The van der Waals surface area contributed by atoms with E-state index in [9.17, 15) is 4.79 Å². The zero-order valence-electron chi connectivity index (χ0n) is 17.6. The van der Waals surface area contributed by atoms with Crippen molar-refractivity contribution >= 4 is 52.2 Å². The minimum Gasteiger partial charge on any atom is -0.436 e. The van der Waals surface area contributed by atoms with Crippen LogP contribution in [0.1, 0.15) is 15.9 Å². The largest absolute Gasteiger partial charge is 0.436 e. The average Bonchev–Trinajstić information content (AvgIpc) is 3.28. The van der Waals surface area contributed by atoms with Gasteiger partial charge in [0.15, 0.2) is 5.58 Å². The summed E-state index contributed by atoms with van der Waals surface area (Å²) in [6.45, 7) is 0. The predicted octanol–water partition coefficient (Wildman–Crippen LogP) is 7.77. The summed E-state index contributed by atoms with van der Waals surface area (Å²) < 4.78 is 11.2. The molecule has 0 aliphatic carbocycles. The van der Waals surface area contributed by atoms with Crippen molar-refractivity contribution in [2.24, 2.45) is 4.99 Å². The lowest BCUT2D eigenvalue weighted by Gasteiger charge is -2.06. The van der Waals surface area contributed by atoms with Gasteiger partial charge < -0.3 is 9.15 Å². The van der Waals surface area contributed by atoms with Gasteiger partial charge in [0.05, 0.1) is 16.3 Å². The van der Waals surface area contributed by atoms with Gasteiger partial charge in [-0.2, -0.15) is 0 Å². The SMILES string of the molecule is O=C(Oc1ccc(C=Nc2ccc3oc(-c4ccccc4)nc3c2)cc1)c1ccc(Cl)cc1Cl. The van der Waals surface area contributed by atoms with Crippen molar-refractivity contribution in [3.8, 4) is 17.2 Å². The van der Waals surface area contributed by atoms with Crippen molar-refractivity contribution in [2.75, 3.05) is 0 Å². The van der Waals surface area contributed by atoms with Crippen LogP contribution in [-0.2, 0) is 0 Å². The molecule has 0 aliphatic heterocycles. The Morgan fingerprint density at radius 3 is 2.47 bits per heavy atom. The fourth-order valence-electron chi connectivity index (χ4n) is 3.29. The van der Waals surface area contributed by atoms with Gasteiger partial charge in [-0.1, -0.05) is 41.4 Å². The highest BCUT2D eigenvalue weighted by atomic mass is 35.5. The molecule has 7 heteroatoms. The molecule has 0 fully saturated rings. The fourth-order valence-corrected chi connectivity index (χ4v) is 3.77. The molecule has 5 rings (SSSR count). The monoisotopic (exact) mass is 486 g/mol. The topological polar surface area (TPSA) is 64.7 Å². The van der Waals surface area contributed by atoms with Crippen LogP contribution in [0.25, 0.3) is 22.6 Å². The predicted molar refractivity (Wildman–Crippen MR) is 135 cm³/mol. The highest BCUT2D eigenvalue weighted by Gasteiger charge is 2.13. The maximum atomic E-state index is 12.4. The molecule has 0 unspecified atom stereocenters. The summed E-state index contributed by atoms with van der Waals surface area (Å²) in [7, 11) is 0. The number of hydrogen-bond donors (Lipinski definition) is 0. The van der Waals surface area contributed by atoms with Crippen molar-refractivity contribution < 1.29 is 13.9 Å². The number of benzene rings is 4. The molecule has 4 aromatic carbocycles. The molecule has 0 aliphatic rings. The lowest BCUT2D eigenvalue weighted by atomic mass is 10.2. The summed E-state index contributed by atoms with van der Waals surface area (Å²) in [4.78, 5) is 21.4. The fraction of sp³-hybridized carbons (Fsp3) is 0. The second-order valence-corrected chi connectivity index (χ2v) is 8.22. The van der Waals surface area contributed by atoms with Crippen molar-refractivity contribution in [3.05, 3.63) is 112 Å². The lowest BCUT2D eigenvalue weighted by Crippen LogP contribution is -2.09. The van der Waals surface area contributed by atoms with Crippen LogP contribution in [0.3, 0.4) is 0 Å². The Balaban J connectivity index is 1.28. The number of aromatic nitrogens is 1. The molecule has 0 saturated heterocycles. The molecule has 0 saturated carbocycles. The summed E-state index contributed by atoms with van der Waals surface area (Å²) in [6, 6.07) is 26.9. The number of fused-ring (bicyclic) bond motifs is 1. The first-order valence-electron chi connectivity index (χ1n) is 10.3. The summed E-state index contributed by atoms with van der Waals surface area (Å²) in [5, 5.41) is 0.686. The van der Waals surface area contributed by atoms with Crippen LogP contribution in [0.4, 0.5) is 5.69 Å². The minimum atomic E-state index is -0.557. The van der Waals surface area contributed by atoms with E-state index in [4.69, 9.17) is 32.4 Å². The molecular formula is C27H16Cl2N2O3. The van der Waals surface area contributed by atoms with Crippen molar-refractivity contribution in [1.29, 1.82) is 0 Å². The number of nitrogens with zero attached hydrogens (tertiary/aromatic N) is 2. The van der Waals surface area contributed by atoms with Gasteiger partial charge in [-0.05, 0) is 78.4 Å². The third-order valence-electron chi connectivity index (χ3n) is 5.00. The summed E-state index contributed by atoms with van der Waals surface area (Å²) >= 11 is 11.9. The number of oxazole rings is 1. The summed E-state index contributed by atoms with van der Waals surface area (Å²) in [5.74, 6) is 0.409. The van der Waals surface area contributed by atoms with E-state index < -0.39 is 5.97 Å². The highest BCUT2D eigenvalue weighted by molar-refractivity contribution is 6.36. The molecule has 5 nitrogen and oxygen atoms in total. The molecule has 0 spiro atoms. The highest BCUT2D eigenvalue weighted by Crippen LogP contribution is 2.27. The average molecular weight is 487 g/mol. The number of hydrogen-bond acceptors (Lipinski definition) is 5. The molecule has 1 aromatic heterocycles. The normalized spacial score (nSPS) is 11.2. The van der Waals surface area contributed by atoms with Gasteiger partial charge in [0, 0.05) is 16.8 Å². The van der Waals surface area contributed by atoms with Crippen molar-refractivity contribution in [3.63, 3.8) is 0 Å². The minimum absolute atomic E-state index is 0.237. The van der Waals surface area contributed by atoms with Gasteiger partial charge in [-0.15, -0.1) is 0 Å². The molecule has 166 valence electrons. The number of ether oxygens (including phenoxy) is 1. The van der Waals surface area contributed by atoms with Gasteiger partial charge in [-0.3, -0.25) is 4.99 Å². The molecule has 0 N–H and O–H groups in total. The Morgan fingerprint density at radius 2 is 1.71 bits per heavy atom. The lowest BCUT2D eigenvalue weighted by molar-refractivity contribution is 0.0735. The number of carbonyl (C=O) groups is 1. The van der Waals surface area contributed by atoms with E-state index in [1.54, 1.807) is 36.5 Å². The van der Waals surface area contributed by atoms with E-state index in [2.05, 4.69) is 9.98 Å². The molecule has 0 bridgehead atoms. The van der Waals surface area contributed by atoms with Gasteiger partial charge in [0.2, 0.25) is 5.89 Å². The first kappa shape index (κ1) is 21.9. The second-order valence-electron chi connectivity index (χ2n) is 7.38. The number of aliphatic imine (C=N–C) groups is 1. The van der Waals surface area contributed by atoms with Gasteiger partial charge in [0.25, 0.3) is 0 Å². The maximum absolute atomic E-state index is 12.4. The second kappa shape index (κ2) is 9.51. The molecule has 0 amide bonds. The Kier molecular flexibility index (Phi) is 6.12. The van der Waals surface area contributed by atoms with Crippen molar-refractivity contribution in [2.45, 2.75) is 0 Å². The Bertz CT molecular complexity index is 1510. The standard InChI is InChI=1S/C27H16Cl2N2O3/c28-19-8-12-22(23(29)14-19)27(32)33-21-10-6-17(7-11-21)16-30-20-9-13-25-24(15-20)31-26(34-25)18-4-2-1-3-5-18/h1-16H. The van der Waals surface area contributed by atoms with E-state index in [1.165, 1.54) is 12.1 Å². The van der Waals surface area contributed by atoms with Crippen LogP contribution in [0.2, 0.25) is 10.0 Å². The van der Waals surface area contributed by atoms with Crippen LogP contribution < -0.4 is 4.74 Å². The quantitative estimate of drug-likeness (QED) is 0.144. The number of halogens is 2. The first-order chi connectivity index (χ1) is 16.5. The van der Waals surface area contributed by atoms with E-state index in [1.807, 2.05) is 48.5 Å². The third kappa shape index (κ3) is 4.86. The van der Waals surface area contributed by atoms with E-state index in [0.717, 1.165) is 22.3 Å². The Labute approximate surface area is 205 Å². The molecule has 34 heavy (non-hydrogen) atoms. The van der Waals surface area contributed by atoms with Crippen LogP contribution in [0, 0.1) is 0 Å². The van der Waals surface area contributed by atoms with Crippen LogP contribution in [0.15, 0.2) is 100 Å². The van der Waals surface area contributed by atoms with Crippen molar-refractivity contribution in [1.82, 2.24) is 4.98 Å². The molecular weight excluding hydrogens is 471 g/mol. The number of carbonyl (C=O) groups excluding carboxylic acids is 1. The summed E-state index contributed by atoms with van der Waals surface area (Å²) in [6.07, 6.45) is 1.72. The molecule has 0 radical (unpaired) electrons. The molecule has 1 heterocycles.